The maximum atomic E-state index is 10.9. The van der Waals surface area contributed by atoms with Crippen LogP contribution in [0.3, 0.4) is 0 Å². The predicted octanol–water partition coefficient (Wildman–Crippen LogP) is 1.13. The topological polar surface area (TPSA) is 43.1 Å². The van der Waals surface area contributed by atoms with E-state index in [0.717, 1.165) is 6.42 Å². The van der Waals surface area contributed by atoms with Gasteiger partial charge in [-0.25, -0.2) is 0 Å². The fourth-order valence-electron chi connectivity index (χ4n) is 1.62. The van der Waals surface area contributed by atoms with Crippen molar-refractivity contribution < 1.29 is 4.79 Å². The third-order valence-corrected chi connectivity index (χ3v) is 3.45. The van der Waals surface area contributed by atoms with Crippen molar-refractivity contribution in [3.63, 3.8) is 0 Å². The molecule has 1 aliphatic carbocycles. The summed E-state index contributed by atoms with van der Waals surface area (Å²) in [6.45, 7) is 3.91. The van der Waals surface area contributed by atoms with E-state index in [0.29, 0.717) is 0 Å². The Labute approximate surface area is 65.7 Å². The number of carbonyl (C=O) groups excluding carboxylic acids is 1. The van der Waals surface area contributed by atoms with Crippen molar-refractivity contribution in [1.82, 2.24) is 0 Å². The van der Waals surface area contributed by atoms with Gasteiger partial charge in [0.05, 0.1) is 10.8 Å². The lowest BCUT2D eigenvalue weighted by Gasteiger charge is -2.06. The first-order chi connectivity index (χ1) is 4.57. The van der Waals surface area contributed by atoms with Gasteiger partial charge in [-0.1, -0.05) is 13.8 Å². The number of hydrogen-bond donors (Lipinski definition) is 1. The van der Waals surface area contributed by atoms with E-state index in [-0.39, 0.29) is 22.6 Å². The second-order valence-corrected chi connectivity index (χ2v) is 3.42. The molecule has 0 aliphatic heterocycles. The lowest BCUT2D eigenvalue weighted by atomic mass is 10.0. The van der Waals surface area contributed by atoms with Gasteiger partial charge in [0.15, 0.2) is 0 Å². The lowest BCUT2D eigenvalue weighted by molar-refractivity contribution is -0.123. The maximum Gasteiger partial charge on any atom is 0.225 e. The molecular weight excluding hydrogens is 150 g/mol. The van der Waals surface area contributed by atoms with Crippen LogP contribution >= 0.6 is 11.6 Å². The lowest BCUT2D eigenvalue weighted by Crippen LogP contribution is -2.27. The highest BCUT2D eigenvalue weighted by Crippen LogP contribution is 2.58. The Kier molecular flexibility index (Phi) is 1.67. The van der Waals surface area contributed by atoms with Crippen molar-refractivity contribution >= 4 is 17.5 Å². The van der Waals surface area contributed by atoms with Crippen molar-refractivity contribution in [1.29, 1.82) is 0 Å². The van der Waals surface area contributed by atoms with E-state index in [1.807, 2.05) is 13.8 Å². The van der Waals surface area contributed by atoms with Gasteiger partial charge in [-0.2, -0.15) is 0 Å². The number of rotatable bonds is 2. The molecule has 3 unspecified atom stereocenters. The summed E-state index contributed by atoms with van der Waals surface area (Å²) >= 11 is 5.85. The molecule has 1 saturated carbocycles. The highest BCUT2D eigenvalue weighted by Gasteiger charge is 2.64. The summed E-state index contributed by atoms with van der Waals surface area (Å²) in [5, 5.41) is -0.0324. The molecule has 2 nitrogen and oxygen atoms in total. The molecule has 0 radical (unpaired) electrons. The van der Waals surface area contributed by atoms with Crippen molar-refractivity contribution in [2.45, 2.75) is 25.6 Å². The molecule has 2 N–H and O–H groups in total. The molecule has 3 heteroatoms. The number of alkyl halides is 1. The zero-order valence-corrected chi connectivity index (χ0v) is 6.98. The van der Waals surface area contributed by atoms with Crippen molar-refractivity contribution in [2.75, 3.05) is 0 Å². The Morgan fingerprint density at radius 2 is 2.20 bits per heavy atom. The first-order valence-electron chi connectivity index (χ1n) is 3.51. The zero-order chi connectivity index (χ0) is 7.94. The van der Waals surface area contributed by atoms with Crippen molar-refractivity contribution in [2.24, 2.45) is 17.1 Å². The van der Waals surface area contributed by atoms with Crippen LogP contribution in [0, 0.1) is 11.3 Å². The van der Waals surface area contributed by atoms with E-state index in [1.54, 1.807) is 0 Å². The number of amides is 1. The van der Waals surface area contributed by atoms with Crippen molar-refractivity contribution in [3.05, 3.63) is 0 Å². The molecule has 1 fully saturated rings. The Hall–Kier alpha value is -0.240. The third kappa shape index (κ3) is 0.685. The minimum absolute atomic E-state index is 0.0324. The van der Waals surface area contributed by atoms with Gasteiger partial charge in [0.25, 0.3) is 0 Å². The van der Waals surface area contributed by atoms with Gasteiger partial charge in [-0.15, -0.1) is 11.6 Å². The molecule has 0 heterocycles. The molecule has 1 rings (SSSR count). The van der Waals surface area contributed by atoms with Crippen LogP contribution in [-0.2, 0) is 4.79 Å². The van der Waals surface area contributed by atoms with Crippen LogP contribution in [0.1, 0.15) is 20.3 Å². The monoisotopic (exact) mass is 161 g/mol. The number of carbonyl (C=O) groups is 1. The number of nitrogens with two attached hydrogens (primary N) is 1. The Morgan fingerprint density at radius 3 is 2.20 bits per heavy atom. The second-order valence-electron chi connectivity index (χ2n) is 2.95. The summed E-state index contributed by atoms with van der Waals surface area (Å²) in [4.78, 5) is 10.9. The molecule has 58 valence electrons. The van der Waals surface area contributed by atoms with Gasteiger partial charge in [0, 0.05) is 0 Å². The van der Waals surface area contributed by atoms with Crippen LogP contribution in [0.2, 0.25) is 0 Å². The van der Waals surface area contributed by atoms with E-state index in [4.69, 9.17) is 17.3 Å². The highest BCUT2D eigenvalue weighted by atomic mass is 35.5. The molecule has 3 atom stereocenters. The normalized spacial score (nSPS) is 45.1. The number of hydrogen-bond acceptors (Lipinski definition) is 1. The fraction of sp³-hybridized carbons (Fsp3) is 0.857. The van der Waals surface area contributed by atoms with E-state index < -0.39 is 0 Å². The molecule has 0 aromatic heterocycles. The first-order valence-corrected chi connectivity index (χ1v) is 3.95. The standard InChI is InChI=1S/C7H12ClNO/c1-3-7(6(9)10)4(2)5(7)8/h4-5H,3H2,1-2H3,(H2,9,10). The minimum Gasteiger partial charge on any atom is -0.369 e. The zero-order valence-electron chi connectivity index (χ0n) is 6.23. The minimum atomic E-state index is -0.387. The summed E-state index contributed by atoms with van der Waals surface area (Å²) in [6.07, 6.45) is 0.762. The number of primary amides is 1. The quantitative estimate of drug-likeness (QED) is 0.607. The summed E-state index contributed by atoms with van der Waals surface area (Å²) in [5.74, 6) is 0.0131. The van der Waals surface area contributed by atoms with Crippen molar-refractivity contribution in [3.8, 4) is 0 Å². The van der Waals surface area contributed by atoms with Crippen LogP contribution in [-0.4, -0.2) is 11.3 Å². The Morgan fingerprint density at radius 1 is 1.80 bits per heavy atom. The van der Waals surface area contributed by atoms with Gasteiger partial charge in [0.2, 0.25) is 5.91 Å². The van der Waals surface area contributed by atoms with Crippen LogP contribution in [0.4, 0.5) is 0 Å². The fourth-order valence-corrected chi connectivity index (χ4v) is 2.24. The average molecular weight is 162 g/mol. The predicted molar refractivity (Wildman–Crippen MR) is 40.7 cm³/mol. The van der Waals surface area contributed by atoms with Gasteiger partial charge >= 0.3 is 0 Å². The molecule has 0 bridgehead atoms. The first kappa shape index (κ1) is 7.86. The highest BCUT2D eigenvalue weighted by molar-refractivity contribution is 6.26. The maximum absolute atomic E-state index is 10.9. The Bertz CT molecular complexity index is 161. The summed E-state index contributed by atoms with van der Waals surface area (Å²) < 4.78 is 0. The molecule has 1 amide bonds. The average Bonchev–Trinajstić information content (AvgIpc) is 2.38. The largest absolute Gasteiger partial charge is 0.369 e. The summed E-state index contributed by atoms with van der Waals surface area (Å²) in [6, 6.07) is 0. The summed E-state index contributed by atoms with van der Waals surface area (Å²) in [7, 11) is 0. The molecule has 0 saturated heterocycles. The van der Waals surface area contributed by atoms with Crippen LogP contribution < -0.4 is 5.73 Å². The van der Waals surface area contributed by atoms with E-state index in [9.17, 15) is 4.79 Å². The molecule has 10 heavy (non-hydrogen) atoms. The molecular formula is C7H12ClNO. The van der Waals surface area contributed by atoms with E-state index in [1.165, 1.54) is 0 Å². The Balaban J connectivity index is 2.75. The smallest absolute Gasteiger partial charge is 0.225 e. The van der Waals surface area contributed by atoms with Crippen LogP contribution in [0.15, 0.2) is 0 Å². The van der Waals surface area contributed by atoms with Gasteiger partial charge in [0.1, 0.15) is 0 Å². The second kappa shape index (κ2) is 2.12. The SMILES string of the molecule is CCC1(C(N)=O)C(C)C1Cl. The summed E-state index contributed by atoms with van der Waals surface area (Å²) in [5.41, 5.74) is 4.81. The molecule has 0 aromatic rings. The third-order valence-electron chi connectivity index (χ3n) is 2.68. The van der Waals surface area contributed by atoms with E-state index >= 15 is 0 Å². The van der Waals surface area contributed by atoms with Gasteiger partial charge in [-0.3, -0.25) is 4.79 Å². The van der Waals surface area contributed by atoms with E-state index in [2.05, 4.69) is 0 Å². The van der Waals surface area contributed by atoms with Crippen LogP contribution in [0.5, 0.6) is 0 Å². The molecule has 0 spiro atoms. The van der Waals surface area contributed by atoms with Gasteiger partial charge in [-0.05, 0) is 12.3 Å². The molecule has 0 aromatic carbocycles. The molecule has 1 aliphatic rings. The van der Waals surface area contributed by atoms with Gasteiger partial charge < -0.3 is 5.73 Å². The number of halogens is 1. The van der Waals surface area contributed by atoms with Crippen LogP contribution in [0.25, 0.3) is 0 Å².